The van der Waals surface area contributed by atoms with Gasteiger partial charge in [-0.15, -0.1) is 11.8 Å². The van der Waals surface area contributed by atoms with Crippen molar-refractivity contribution in [3.8, 4) is 0 Å². The molecule has 0 saturated carbocycles. The average molecular weight is 407 g/mol. The van der Waals surface area contributed by atoms with Gasteiger partial charge in [0.25, 0.3) is 0 Å². The smallest absolute Gasteiger partial charge is 0.478 e. The van der Waals surface area contributed by atoms with E-state index in [1.54, 1.807) is 36.4 Å². The van der Waals surface area contributed by atoms with Gasteiger partial charge in [0, 0.05) is 23.9 Å². The maximum absolute atomic E-state index is 12.4. The molecule has 3 N–H and O–H groups in total. The fraction of sp³-hybridized carbons (Fsp3) is 0.0952. The third-order valence-electron chi connectivity index (χ3n) is 4.33. The quantitative estimate of drug-likeness (QED) is 0.298. The zero-order chi connectivity index (χ0) is 20.8. The molecule has 0 saturated heterocycles. The van der Waals surface area contributed by atoms with Gasteiger partial charge in [-0.25, -0.2) is 9.78 Å². The summed E-state index contributed by atoms with van der Waals surface area (Å²) < 4.78 is 0. The van der Waals surface area contributed by atoms with Crippen molar-refractivity contribution in [2.24, 2.45) is 0 Å². The molecule has 1 heterocycles. The summed E-state index contributed by atoms with van der Waals surface area (Å²) in [5.41, 5.74) is 2.65. The highest BCUT2D eigenvalue weighted by Gasteiger charge is 2.15. The molecule has 0 bridgehead atoms. The number of thioether (sulfide) groups is 1. The molecule has 0 aliphatic heterocycles. The Morgan fingerprint density at radius 3 is 2.24 bits per heavy atom. The van der Waals surface area contributed by atoms with Crippen LogP contribution in [-0.2, 0) is 12.2 Å². The molecule has 1 aromatic heterocycles. The van der Waals surface area contributed by atoms with Crippen LogP contribution >= 0.6 is 11.8 Å². The molecular formula is C21H18BNO5S. The number of aromatic carboxylic acids is 1. The highest BCUT2D eigenvalue weighted by Crippen LogP contribution is 2.21. The van der Waals surface area contributed by atoms with E-state index < -0.39 is 13.1 Å². The zero-order valence-corrected chi connectivity index (χ0v) is 16.2. The van der Waals surface area contributed by atoms with Crippen LogP contribution < -0.4 is 5.46 Å². The molecule has 0 fully saturated rings. The van der Waals surface area contributed by atoms with Gasteiger partial charge in [-0.3, -0.25) is 4.79 Å². The number of carbonyl (C=O) groups is 2. The molecule has 0 spiro atoms. The minimum absolute atomic E-state index is 0.106. The Morgan fingerprint density at radius 1 is 0.931 bits per heavy atom. The summed E-state index contributed by atoms with van der Waals surface area (Å²) in [6.45, 7) is 0. The SMILES string of the molecule is O=C(O)c1ccc(CC(=O)c2ccc(SCc3ccccc3B(O)O)nc2)cc1. The highest BCUT2D eigenvalue weighted by atomic mass is 32.2. The molecule has 0 amide bonds. The Kier molecular flexibility index (Phi) is 6.82. The van der Waals surface area contributed by atoms with Crippen molar-refractivity contribution in [1.82, 2.24) is 4.98 Å². The summed E-state index contributed by atoms with van der Waals surface area (Å²) in [6.07, 6.45) is 1.68. The van der Waals surface area contributed by atoms with Gasteiger partial charge in [-0.1, -0.05) is 36.4 Å². The van der Waals surface area contributed by atoms with Crippen molar-refractivity contribution in [3.63, 3.8) is 0 Å². The first-order valence-corrected chi connectivity index (χ1v) is 9.81. The number of benzene rings is 2. The topological polar surface area (TPSA) is 108 Å². The lowest BCUT2D eigenvalue weighted by molar-refractivity contribution is 0.0696. The van der Waals surface area contributed by atoms with Crippen LogP contribution in [0.4, 0.5) is 0 Å². The van der Waals surface area contributed by atoms with Gasteiger partial charge in [0.15, 0.2) is 5.78 Å². The third-order valence-corrected chi connectivity index (χ3v) is 5.33. The van der Waals surface area contributed by atoms with E-state index in [1.165, 1.54) is 30.1 Å². The Morgan fingerprint density at radius 2 is 1.62 bits per heavy atom. The fourth-order valence-electron chi connectivity index (χ4n) is 2.75. The summed E-state index contributed by atoms with van der Waals surface area (Å²) in [6, 6.07) is 16.7. The van der Waals surface area contributed by atoms with Crippen molar-refractivity contribution in [1.29, 1.82) is 0 Å². The first-order valence-electron chi connectivity index (χ1n) is 8.82. The van der Waals surface area contributed by atoms with Gasteiger partial charge in [0.05, 0.1) is 10.6 Å². The Bertz CT molecular complexity index is 1010. The van der Waals surface area contributed by atoms with Gasteiger partial charge in [0.2, 0.25) is 0 Å². The van der Waals surface area contributed by atoms with E-state index in [-0.39, 0.29) is 17.8 Å². The number of ketones is 1. The number of carboxylic acid groups (broad SMARTS) is 1. The van der Waals surface area contributed by atoms with E-state index in [1.807, 2.05) is 12.1 Å². The van der Waals surface area contributed by atoms with E-state index in [4.69, 9.17) is 5.11 Å². The maximum atomic E-state index is 12.4. The summed E-state index contributed by atoms with van der Waals surface area (Å²) >= 11 is 1.43. The number of pyridine rings is 1. The van der Waals surface area contributed by atoms with Crippen LogP contribution in [0.5, 0.6) is 0 Å². The van der Waals surface area contributed by atoms with Crippen molar-refractivity contribution >= 4 is 36.1 Å². The number of Topliss-reactive ketones (excluding diaryl/α,β-unsaturated/α-hetero) is 1. The third kappa shape index (κ3) is 5.54. The summed E-state index contributed by atoms with van der Waals surface area (Å²) in [7, 11) is -1.52. The fourth-order valence-corrected chi connectivity index (χ4v) is 3.61. The van der Waals surface area contributed by atoms with E-state index in [0.29, 0.717) is 16.8 Å². The van der Waals surface area contributed by atoms with E-state index in [2.05, 4.69) is 4.98 Å². The van der Waals surface area contributed by atoms with Gasteiger partial charge >= 0.3 is 13.1 Å². The molecule has 6 nitrogen and oxygen atoms in total. The van der Waals surface area contributed by atoms with Gasteiger partial charge < -0.3 is 15.2 Å². The minimum Gasteiger partial charge on any atom is -0.478 e. The van der Waals surface area contributed by atoms with Crippen molar-refractivity contribution in [2.75, 3.05) is 0 Å². The predicted octanol–water partition coefficient (Wildman–Crippen LogP) is 2.18. The molecule has 0 atom stereocenters. The van der Waals surface area contributed by atoms with Crippen LogP contribution in [0.2, 0.25) is 0 Å². The number of hydrogen-bond acceptors (Lipinski definition) is 6. The summed E-state index contributed by atoms with van der Waals surface area (Å²) in [4.78, 5) is 27.6. The van der Waals surface area contributed by atoms with Crippen LogP contribution in [0.25, 0.3) is 0 Å². The number of hydrogen-bond donors (Lipinski definition) is 3. The molecule has 0 aliphatic rings. The number of rotatable bonds is 8. The van der Waals surface area contributed by atoms with Gasteiger partial charge in [-0.05, 0) is 40.9 Å². The number of carboxylic acids is 1. The highest BCUT2D eigenvalue weighted by molar-refractivity contribution is 7.98. The largest absolute Gasteiger partial charge is 0.488 e. The number of nitrogens with zero attached hydrogens (tertiary/aromatic N) is 1. The standard InChI is InChI=1S/C21H18BNO5S/c24-19(11-14-5-7-15(8-6-14)21(25)26)16-9-10-20(23-12-16)29-13-17-3-1-2-4-18(17)22(27)28/h1-10,12,27-28H,11,13H2,(H,25,26). The van der Waals surface area contributed by atoms with Gasteiger partial charge in [0.1, 0.15) is 0 Å². The van der Waals surface area contributed by atoms with E-state index in [9.17, 15) is 19.6 Å². The second-order valence-electron chi connectivity index (χ2n) is 6.35. The van der Waals surface area contributed by atoms with Gasteiger partial charge in [-0.2, -0.15) is 0 Å². The molecule has 0 unspecified atom stereocenters. The lowest BCUT2D eigenvalue weighted by Gasteiger charge is -2.08. The molecule has 2 aromatic carbocycles. The average Bonchev–Trinajstić information content (AvgIpc) is 2.73. The molecular weight excluding hydrogens is 389 g/mol. The maximum Gasteiger partial charge on any atom is 0.488 e. The molecule has 3 rings (SSSR count). The summed E-state index contributed by atoms with van der Waals surface area (Å²) in [5.74, 6) is -0.591. The van der Waals surface area contributed by atoms with Crippen molar-refractivity contribution in [2.45, 2.75) is 17.2 Å². The van der Waals surface area contributed by atoms with Crippen LogP contribution in [0.1, 0.15) is 31.8 Å². The van der Waals surface area contributed by atoms with Crippen LogP contribution in [0.3, 0.4) is 0 Å². The van der Waals surface area contributed by atoms with Crippen LogP contribution in [0.15, 0.2) is 71.9 Å². The number of aromatic nitrogens is 1. The lowest BCUT2D eigenvalue weighted by Crippen LogP contribution is -2.32. The normalized spacial score (nSPS) is 10.6. The minimum atomic E-state index is -1.52. The Hall–Kier alpha value is -2.94. The molecule has 0 aliphatic carbocycles. The van der Waals surface area contributed by atoms with E-state index in [0.717, 1.165) is 16.2 Å². The first-order chi connectivity index (χ1) is 13.9. The zero-order valence-electron chi connectivity index (χ0n) is 15.4. The second-order valence-corrected chi connectivity index (χ2v) is 7.34. The molecule has 29 heavy (non-hydrogen) atoms. The van der Waals surface area contributed by atoms with E-state index >= 15 is 0 Å². The van der Waals surface area contributed by atoms with Crippen molar-refractivity contribution < 1.29 is 24.7 Å². The number of carbonyl (C=O) groups excluding carboxylic acids is 1. The Labute approximate surface area is 172 Å². The van der Waals surface area contributed by atoms with Crippen molar-refractivity contribution in [3.05, 3.63) is 89.1 Å². The molecule has 8 heteroatoms. The Balaban J connectivity index is 1.61. The monoisotopic (exact) mass is 407 g/mol. The van der Waals surface area contributed by atoms with Crippen LogP contribution in [0, 0.1) is 0 Å². The second kappa shape index (κ2) is 9.51. The van der Waals surface area contributed by atoms with Crippen LogP contribution in [-0.4, -0.2) is 39.0 Å². The lowest BCUT2D eigenvalue weighted by atomic mass is 9.77. The molecule has 3 aromatic rings. The molecule has 146 valence electrons. The first kappa shape index (κ1) is 20.8. The summed E-state index contributed by atoms with van der Waals surface area (Å²) in [5, 5.41) is 28.5. The molecule has 0 radical (unpaired) electrons. The predicted molar refractivity (Wildman–Crippen MR) is 112 cm³/mol.